The Kier molecular flexibility index (Phi) is 6.21. The standard InChI is InChI=1S/C13H21N3O3/c1-3-4-10(5-6-17)8-14-13-15-9(2)7-11(16-13)12(18)19/h7,10,17H,3-6,8H2,1-2H3,(H,18,19)(H,14,15,16). The molecular weight excluding hydrogens is 246 g/mol. The predicted octanol–water partition coefficient (Wildman–Crippen LogP) is 1.69. The molecule has 6 heteroatoms. The Morgan fingerprint density at radius 1 is 1.42 bits per heavy atom. The van der Waals surface area contributed by atoms with E-state index >= 15 is 0 Å². The molecule has 3 N–H and O–H groups in total. The van der Waals surface area contributed by atoms with E-state index in [0.29, 0.717) is 24.1 Å². The number of aliphatic hydroxyl groups excluding tert-OH is 1. The predicted molar refractivity (Wildman–Crippen MR) is 72.3 cm³/mol. The molecule has 0 spiro atoms. The van der Waals surface area contributed by atoms with Gasteiger partial charge in [-0.15, -0.1) is 0 Å². The van der Waals surface area contributed by atoms with Crippen LogP contribution in [0.15, 0.2) is 6.07 Å². The molecule has 1 aromatic heterocycles. The summed E-state index contributed by atoms with van der Waals surface area (Å²) in [4.78, 5) is 19.0. The van der Waals surface area contributed by atoms with Gasteiger partial charge in [-0.25, -0.2) is 14.8 Å². The molecule has 0 bridgehead atoms. The first-order valence-electron chi connectivity index (χ1n) is 6.50. The molecule has 0 amide bonds. The van der Waals surface area contributed by atoms with Crippen LogP contribution < -0.4 is 5.32 Å². The molecule has 0 radical (unpaired) electrons. The van der Waals surface area contributed by atoms with Gasteiger partial charge in [0.05, 0.1) is 0 Å². The monoisotopic (exact) mass is 267 g/mol. The summed E-state index contributed by atoms with van der Waals surface area (Å²) in [5.41, 5.74) is 0.605. The number of carboxylic acid groups (broad SMARTS) is 1. The maximum atomic E-state index is 10.9. The second-order valence-electron chi connectivity index (χ2n) is 4.57. The van der Waals surface area contributed by atoms with Gasteiger partial charge in [0.1, 0.15) is 0 Å². The van der Waals surface area contributed by atoms with E-state index in [4.69, 9.17) is 10.2 Å². The van der Waals surface area contributed by atoms with Crippen LogP contribution in [0.4, 0.5) is 5.95 Å². The summed E-state index contributed by atoms with van der Waals surface area (Å²) >= 11 is 0. The molecule has 19 heavy (non-hydrogen) atoms. The lowest BCUT2D eigenvalue weighted by Crippen LogP contribution is -2.18. The lowest BCUT2D eigenvalue weighted by atomic mass is 10.0. The molecule has 0 saturated carbocycles. The Labute approximate surface area is 112 Å². The summed E-state index contributed by atoms with van der Waals surface area (Å²) in [6.07, 6.45) is 2.77. The first-order valence-corrected chi connectivity index (χ1v) is 6.50. The van der Waals surface area contributed by atoms with Crippen LogP contribution in [-0.4, -0.2) is 39.3 Å². The van der Waals surface area contributed by atoms with E-state index in [1.54, 1.807) is 6.92 Å². The molecule has 0 aliphatic heterocycles. The lowest BCUT2D eigenvalue weighted by molar-refractivity contribution is 0.0690. The third-order valence-corrected chi connectivity index (χ3v) is 2.86. The molecule has 1 atom stereocenters. The third-order valence-electron chi connectivity index (χ3n) is 2.86. The van der Waals surface area contributed by atoms with Gasteiger partial charge in [0, 0.05) is 18.8 Å². The number of hydrogen-bond donors (Lipinski definition) is 3. The molecule has 1 heterocycles. The zero-order valence-corrected chi connectivity index (χ0v) is 11.4. The highest BCUT2D eigenvalue weighted by Gasteiger charge is 2.11. The van der Waals surface area contributed by atoms with Crippen molar-refractivity contribution in [2.24, 2.45) is 5.92 Å². The Bertz CT molecular complexity index is 418. The number of aryl methyl sites for hydroxylation is 1. The quantitative estimate of drug-likeness (QED) is 0.663. The maximum Gasteiger partial charge on any atom is 0.354 e. The van der Waals surface area contributed by atoms with E-state index in [9.17, 15) is 4.79 Å². The molecule has 1 unspecified atom stereocenters. The van der Waals surface area contributed by atoms with Crippen LogP contribution in [0.25, 0.3) is 0 Å². The molecule has 1 aromatic rings. The molecule has 0 aliphatic rings. The van der Waals surface area contributed by atoms with Crippen molar-refractivity contribution in [3.63, 3.8) is 0 Å². The van der Waals surface area contributed by atoms with Crippen molar-refractivity contribution in [3.05, 3.63) is 17.5 Å². The topological polar surface area (TPSA) is 95.3 Å². The minimum absolute atomic E-state index is 0.0100. The van der Waals surface area contributed by atoms with Crippen LogP contribution in [0.3, 0.4) is 0 Å². The van der Waals surface area contributed by atoms with Gasteiger partial charge >= 0.3 is 5.97 Å². The minimum atomic E-state index is -1.06. The number of aromatic nitrogens is 2. The van der Waals surface area contributed by atoms with Gasteiger partial charge in [-0.2, -0.15) is 0 Å². The van der Waals surface area contributed by atoms with Crippen molar-refractivity contribution in [1.29, 1.82) is 0 Å². The number of carbonyl (C=O) groups is 1. The van der Waals surface area contributed by atoms with Gasteiger partial charge in [-0.05, 0) is 31.7 Å². The smallest absolute Gasteiger partial charge is 0.354 e. The van der Waals surface area contributed by atoms with Crippen LogP contribution in [0, 0.1) is 12.8 Å². The molecule has 0 fully saturated rings. The zero-order valence-electron chi connectivity index (χ0n) is 11.4. The van der Waals surface area contributed by atoms with Crippen LogP contribution >= 0.6 is 0 Å². The number of aromatic carboxylic acids is 1. The number of carboxylic acids is 1. The number of nitrogens with zero attached hydrogens (tertiary/aromatic N) is 2. The summed E-state index contributed by atoms with van der Waals surface area (Å²) in [6.45, 7) is 4.62. The average Bonchev–Trinajstić information content (AvgIpc) is 2.36. The fraction of sp³-hybridized carbons (Fsp3) is 0.615. The molecule has 1 rings (SSSR count). The molecule has 106 valence electrons. The van der Waals surface area contributed by atoms with E-state index < -0.39 is 5.97 Å². The van der Waals surface area contributed by atoms with E-state index in [1.165, 1.54) is 6.07 Å². The Morgan fingerprint density at radius 2 is 2.16 bits per heavy atom. The van der Waals surface area contributed by atoms with E-state index in [2.05, 4.69) is 22.2 Å². The number of anilines is 1. The SMILES string of the molecule is CCCC(CCO)CNc1nc(C)cc(C(=O)O)n1. The minimum Gasteiger partial charge on any atom is -0.477 e. The molecule has 6 nitrogen and oxygen atoms in total. The second-order valence-corrected chi connectivity index (χ2v) is 4.57. The second kappa shape index (κ2) is 7.68. The van der Waals surface area contributed by atoms with Crippen LogP contribution in [0.1, 0.15) is 42.4 Å². The summed E-state index contributed by atoms with van der Waals surface area (Å²) in [5, 5.41) is 21.0. The van der Waals surface area contributed by atoms with Crippen molar-refractivity contribution < 1.29 is 15.0 Å². The van der Waals surface area contributed by atoms with Gasteiger partial charge in [0.15, 0.2) is 5.69 Å². The number of aliphatic hydroxyl groups is 1. The van der Waals surface area contributed by atoms with Gasteiger partial charge in [-0.1, -0.05) is 13.3 Å². The van der Waals surface area contributed by atoms with Crippen molar-refractivity contribution in [3.8, 4) is 0 Å². The summed E-state index contributed by atoms with van der Waals surface area (Å²) in [5.74, 6) is -0.391. The van der Waals surface area contributed by atoms with Gasteiger partial charge in [0.25, 0.3) is 0 Å². The molecule has 0 aromatic carbocycles. The van der Waals surface area contributed by atoms with Crippen LogP contribution in [0.5, 0.6) is 0 Å². The van der Waals surface area contributed by atoms with E-state index in [0.717, 1.165) is 19.3 Å². The summed E-state index contributed by atoms with van der Waals surface area (Å²) in [6, 6.07) is 1.44. The highest BCUT2D eigenvalue weighted by atomic mass is 16.4. The van der Waals surface area contributed by atoms with Gasteiger partial charge in [0.2, 0.25) is 5.95 Å². The van der Waals surface area contributed by atoms with Crippen molar-refractivity contribution in [2.45, 2.75) is 33.1 Å². The summed E-state index contributed by atoms with van der Waals surface area (Å²) < 4.78 is 0. The first kappa shape index (κ1) is 15.4. The van der Waals surface area contributed by atoms with Crippen LogP contribution in [-0.2, 0) is 0 Å². The normalized spacial score (nSPS) is 12.2. The van der Waals surface area contributed by atoms with Crippen molar-refractivity contribution >= 4 is 11.9 Å². The van der Waals surface area contributed by atoms with Crippen molar-refractivity contribution in [1.82, 2.24) is 9.97 Å². The van der Waals surface area contributed by atoms with Gasteiger partial charge < -0.3 is 15.5 Å². The Morgan fingerprint density at radius 3 is 2.74 bits per heavy atom. The Balaban J connectivity index is 2.67. The highest BCUT2D eigenvalue weighted by Crippen LogP contribution is 2.12. The fourth-order valence-corrected chi connectivity index (χ4v) is 1.93. The first-order chi connectivity index (χ1) is 9.06. The number of rotatable bonds is 8. The van der Waals surface area contributed by atoms with E-state index in [1.807, 2.05) is 0 Å². The van der Waals surface area contributed by atoms with Crippen LogP contribution in [0.2, 0.25) is 0 Å². The average molecular weight is 267 g/mol. The lowest BCUT2D eigenvalue weighted by Gasteiger charge is -2.15. The maximum absolute atomic E-state index is 10.9. The summed E-state index contributed by atoms with van der Waals surface area (Å²) in [7, 11) is 0. The third kappa shape index (κ3) is 5.21. The number of nitrogens with one attached hydrogen (secondary N) is 1. The van der Waals surface area contributed by atoms with Gasteiger partial charge in [-0.3, -0.25) is 0 Å². The van der Waals surface area contributed by atoms with E-state index in [-0.39, 0.29) is 12.3 Å². The largest absolute Gasteiger partial charge is 0.477 e. The highest BCUT2D eigenvalue weighted by molar-refractivity contribution is 5.85. The molecule has 0 aliphatic carbocycles. The Hall–Kier alpha value is -1.69. The molecule has 0 saturated heterocycles. The fourth-order valence-electron chi connectivity index (χ4n) is 1.93. The zero-order chi connectivity index (χ0) is 14.3. The van der Waals surface area contributed by atoms with Crippen molar-refractivity contribution in [2.75, 3.05) is 18.5 Å². The number of hydrogen-bond acceptors (Lipinski definition) is 5. The molecular formula is C13H21N3O3.